The summed E-state index contributed by atoms with van der Waals surface area (Å²) in [7, 11) is 0. The van der Waals surface area contributed by atoms with E-state index in [-0.39, 0.29) is 0 Å². The quantitative estimate of drug-likeness (QED) is 0.559. The third-order valence-electron chi connectivity index (χ3n) is 3.24. The summed E-state index contributed by atoms with van der Waals surface area (Å²) in [6, 6.07) is 10.3. The maximum Gasteiger partial charge on any atom is -0.0398 e. The summed E-state index contributed by atoms with van der Waals surface area (Å²) in [6.07, 6.45) is 8.93. The van der Waals surface area contributed by atoms with Crippen LogP contribution in [-0.2, 0) is 0 Å². The highest BCUT2D eigenvalue weighted by atomic mass is 14.2. The average molecular weight is 234 g/mol. The van der Waals surface area contributed by atoms with Crippen LogP contribution in [0, 0.1) is 12.8 Å². The molecule has 0 saturated heterocycles. The van der Waals surface area contributed by atoms with Crippen molar-refractivity contribution in [1.82, 2.24) is 0 Å². The van der Waals surface area contributed by atoms with Crippen LogP contribution in [0.4, 0.5) is 0 Å². The fraction of sp³-hybridized carbons (Fsp3) is 0.647. The summed E-state index contributed by atoms with van der Waals surface area (Å²) in [4.78, 5) is 0. The van der Waals surface area contributed by atoms with Gasteiger partial charge in [0.1, 0.15) is 0 Å². The predicted molar refractivity (Wildman–Crippen MR) is 79.4 cm³/mol. The van der Waals surface area contributed by atoms with E-state index in [0.29, 0.717) is 0 Å². The topological polar surface area (TPSA) is 0 Å². The van der Waals surface area contributed by atoms with Gasteiger partial charge in [0.15, 0.2) is 0 Å². The largest absolute Gasteiger partial charge is 0.0683 e. The van der Waals surface area contributed by atoms with E-state index < -0.39 is 0 Å². The van der Waals surface area contributed by atoms with Gasteiger partial charge in [0.25, 0.3) is 0 Å². The van der Waals surface area contributed by atoms with E-state index >= 15 is 0 Å². The molecule has 0 aromatic heterocycles. The van der Waals surface area contributed by atoms with Crippen molar-refractivity contribution in [2.24, 2.45) is 5.92 Å². The third-order valence-corrected chi connectivity index (χ3v) is 3.24. The minimum Gasteiger partial charge on any atom is -0.0683 e. The number of rotatable bonds is 1. The first-order valence-electron chi connectivity index (χ1n) is 7.34. The zero-order valence-corrected chi connectivity index (χ0v) is 12.2. The Kier molecular flexibility index (Phi) is 11.2. The smallest absolute Gasteiger partial charge is 0.0398 e. The maximum absolute atomic E-state index is 2.32. The number of benzene rings is 1. The van der Waals surface area contributed by atoms with Crippen molar-refractivity contribution in [2.45, 2.75) is 66.2 Å². The molecule has 0 heteroatoms. The van der Waals surface area contributed by atoms with Crippen LogP contribution in [0.5, 0.6) is 0 Å². The molecule has 2 rings (SSSR count). The Balaban J connectivity index is 0.000000265. The second-order valence-corrected chi connectivity index (χ2v) is 4.57. The molecule has 0 atom stereocenters. The van der Waals surface area contributed by atoms with Gasteiger partial charge in [-0.15, -0.1) is 0 Å². The Morgan fingerprint density at radius 3 is 1.76 bits per heavy atom. The van der Waals surface area contributed by atoms with E-state index in [0.717, 1.165) is 5.92 Å². The molecule has 1 aliphatic rings. The van der Waals surface area contributed by atoms with Crippen molar-refractivity contribution in [3.05, 3.63) is 35.9 Å². The zero-order chi connectivity index (χ0) is 12.9. The molecular weight excluding hydrogens is 204 g/mol. The van der Waals surface area contributed by atoms with Crippen LogP contribution in [0.25, 0.3) is 0 Å². The van der Waals surface area contributed by atoms with E-state index in [4.69, 9.17) is 0 Å². The lowest BCUT2D eigenvalue weighted by atomic mass is 9.88. The molecule has 0 amide bonds. The van der Waals surface area contributed by atoms with Crippen LogP contribution in [0.3, 0.4) is 0 Å². The van der Waals surface area contributed by atoms with Crippen LogP contribution in [-0.4, -0.2) is 0 Å². The molecule has 1 aromatic rings. The summed E-state index contributed by atoms with van der Waals surface area (Å²) in [6.45, 7) is 8.40. The normalized spacial score (nSPS) is 15.1. The van der Waals surface area contributed by atoms with E-state index in [1.54, 1.807) is 0 Å². The molecule has 0 radical (unpaired) electrons. The van der Waals surface area contributed by atoms with Gasteiger partial charge in [0.05, 0.1) is 0 Å². The summed E-state index contributed by atoms with van der Waals surface area (Å²) < 4.78 is 0. The van der Waals surface area contributed by atoms with Crippen LogP contribution in [0.15, 0.2) is 30.3 Å². The van der Waals surface area contributed by atoms with Crippen molar-refractivity contribution in [2.75, 3.05) is 0 Å². The summed E-state index contributed by atoms with van der Waals surface area (Å²) in [5, 5.41) is 0. The molecular formula is C17H30. The lowest BCUT2D eigenvalue weighted by Gasteiger charge is -2.18. The molecule has 98 valence electrons. The Morgan fingerprint density at radius 1 is 0.941 bits per heavy atom. The van der Waals surface area contributed by atoms with Gasteiger partial charge in [0, 0.05) is 0 Å². The predicted octanol–water partition coefficient (Wildman–Crippen LogP) is 6.00. The van der Waals surface area contributed by atoms with Crippen LogP contribution in [0.1, 0.15) is 64.9 Å². The fourth-order valence-electron chi connectivity index (χ4n) is 2.13. The molecule has 0 unspecified atom stereocenters. The molecule has 0 aliphatic heterocycles. The summed E-state index contributed by atoms with van der Waals surface area (Å²) in [5.41, 5.74) is 1.32. The SMILES string of the molecule is CC.CCC1CCCCC1.Cc1ccccc1. The molecule has 1 aliphatic carbocycles. The van der Waals surface area contributed by atoms with Gasteiger partial charge in [0.2, 0.25) is 0 Å². The van der Waals surface area contributed by atoms with Gasteiger partial charge in [-0.3, -0.25) is 0 Å². The minimum absolute atomic E-state index is 1.09. The van der Waals surface area contributed by atoms with Gasteiger partial charge < -0.3 is 0 Å². The molecule has 0 spiro atoms. The Labute approximate surface area is 108 Å². The molecule has 1 saturated carbocycles. The molecule has 1 aromatic carbocycles. The van der Waals surface area contributed by atoms with E-state index in [1.165, 1.54) is 44.1 Å². The van der Waals surface area contributed by atoms with Crippen molar-refractivity contribution in [3.63, 3.8) is 0 Å². The lowest BCUT2D eigenvalue weighted by Crippen LogP contribution is -2.03. The molecule has 0 nitrogen and oxygen atoms in total. The van der Waals surface area contributed by atoms with Crippen LogP contribution >= 0.6 is 0 Å². The lowest BCUT2D eigenvalue weighted by molar-refractivity contribution is 0.349. The summed E-state index contributed by atoms with van der Waals surface area (Å²) in [5.74, 6) is 1.09. The molecule has 0 bridgehead atoms. The Morgan fingerprint density at radius 2 is 1.47 bits per heavy atom. The first-order valence-corrected chi connectivity index (χ1v) is 7.34. The molecule has 1 fully saturated rings. The number of aryl methyl sites for hydroxylation is 1. The fourth-order valence-corrected chi connectivity index (χ4v) is 2.13. The minimum atomic E-state index is 1.09. The van der Waals surface area contributed by atoms with Crippen LogP contribution in [0.2, 0.25) is 0 Å². The molecule has 17 heavy (non-hydrogen) atoms. The van der Waals surface area contributed by atoms with Crippen molar-refractivity contribution >= 4 is 0 Å². The highest BCUT2D eigenvalue weighted by Gasteiger charge is 2.09. The zero-order valence-electron chi connectivity index (χ0n) is 12.2. The number of hydrogen-bond donors (Lipinski definition) is 0. The average Bonchev–Trinajstić information content (AvgIpc) is 2.43. The molecule has 0 heterocycles. The summed E-state index contributed by atoms with van der Waals surface area (Å²) >= 11 is 0. The Bertz CT molecular complexity index is 231. The highest BCUT2D eigenvalue weighted by molar-refractivity contribution is 5.11. The molecule has 0 N–H and O–H groups in total. The Hall–Kier alpha value is -0.780. The first-order chi connectivity index (χ1) is 8.33. The highest BCUT2D eigenvalue weighted by Crippen LogP contribution is 2.25. The van der Waals surface area contributed by atoms with Gasteiger partial charge in [-0.1, -0.05) is 95.2 Å². The first kappa shape index (κ1) is 16.2. The number of hydrogen-bond acceptors (Lipinski definition) is 0. The van der Waals surface area contributed by atoms with Gasteiger partial charge >= 0.3 is 0 Å². The monoisotopic (exact) mass is 234 g/mol. The van der Waals surface area contributed by atoms with Crippen molar-refractivity contribution < 1.29 is 0 Å². The van der Waals surface area contributed by atoms with Gasteiger partial charge in [-0.2, -0.15) is 0 Å². The van der Waals surface area contributed by atoms with Crippen molar-refractivity contribution in [3.8, 4) is 0 Å². The van der Waals surface area contributed by atoms with E-state index in [1.807, 2.05) is 32.0 Å². The third kappa shape index (κ3) is 8.97. The maximum atomic E-state index is 2.32. The standard InChI is InChI=1S/C8H16.C7H8.C2H6/c1-2-8-6-4-3-5-7-8;1-7-5-3-2-4-6-7;1-2/h8H,2-7H2,1H3;2-6H,1H3;1-2H3. The second-order valence-electron chi connectivity index (χ2n) is 4.57. The van der Waals surface area contributed by atoms with Crippen molar-refractivity contribution in [1.29, 1.82) is 0 Å². The van der Waals surface area contributed by atoms with Gasteiger partial charge in [-0.05, 0) is 12.8 Å². The van der Waals surface area contributed by atoms with Gasteiger partial charge in [-0.25, -0.2) is 0 Å². The second kappa shape index (κ2) is 11.7. The van der Waals surface area contributed by atoms with E-state index in [2.05, 4.69) is 26.0 Å². The van der Waals surface area contributed by atoms with Crippen LogP contribution < -0.4 is 0 Å². The van der Waals surface area contributed by atoms with E-state index in [9.17, 15) is 0 Å².